The molecule has 142 valence electrons. The molecule has 1 fully saturated rings. The van der Waals surface area contributed by atoms with Gasteiger partial charge in [-0.15, -0.1) is 0 Å². The Morgan fingerprint density at radius 2 is 1.93 bits per heavy atom. The zero-order chi connectivity index (χ0) is 19.6. The van der Waals surface area contributed by atoms with Gasteiger partial charge in [0.1, 0.15) is 5.69 Å². The number of hydrogen-bond donors (Lipinski definition) is 1. The van der Waals surface area contributed by atoms with Crippen molar-refractivity contribution in [2.24, 2.45) is 5.92 Å². The highest BCUT2D eigenvalue weighted by Crippen LogP contribution is 2.42. The first-order valence-corrected chi connectivity index (χ1v) is 8.62. The minimum atomic E-state index is -0.947. The Morgan fingerprint density at radius 3 is 2.52 bits per heavy atom. The van der Waals surface area contributed by atoms with Gasteiger partial charge < -0.3 is 19.5 Å². The minimum Gasteiger partial charge on any atom is -0.493 e. The van der Waals surface area contributed by atoms with Crippen LogP contribution in [0.2, 0.25) is 0 Å². The van der Waals surface area contributed by atoms with E-state index in [1.54, 1.807) is 29.3 Å². The summed E-state index contributed by atoms with van der Waals surface area (Å²) in [5.41, 5.74) is 1.98. The fraction of sp³-hybridized carbons (Fsp3) is 0.350. The van der Waals surface area contributed by atoms with Crippen LogP contribution in [0.15, 0.2) is 36.5 Å². The first kappa shape index (κ1) is 18.7. The predicted molar refractivity (Wildman–Crippen MR) is 98.3 cm³/mol. The number of carboxylic acid groups (broad SMARTS) is 1. The number of likely N-dealkylation sites (tertiary alicyclic amines) is 1. The second kappa shape index (κ2) is 7.65. The summed E-state index contributed by atoms with van der Waals surface area (Å²) in [7, 11) is 3.05. The fourth-order valence-corrected chi connectivity index (χ4v) is 3.50. The Balaban J connectivity index is 1.93. The molecule has 2 atom stereocenters. The molecule has 0 aliphatic carbocycles. The van der Waals surface area contributed by atoms with Gasteiger partial charge in [-0.3, -0.25) is 14.6 Å². The molecule has 7 heteroatoms. The highest BCUT2D eigenvalue weighted by Gasteiger charge is 2.42. The van der Waals surface area contributed by atoms with E-state index in [1.807, 2.05) is 19.1 Å². The fourth-order valence-electron chi connectivity index (χ4n) is 3.50. The number of nitrogens with zero attached hydrogens (tertiary/aromatic N) is 2. The second-order valence-electron chi connectivity index (χ2n) is 6.56. The lowest BCUT2D eigenvalue weighted by molar-refractivity contribution is -0.141. The second-order valence-corrected chi connectivity index (χ2v) is 6.56. The summed E-state index contributed by atoms with van der Waals surface area (Å²) in [5, 5.41) is 9.72. The number of aliphatic carboxylic acids is 1. The number of para-hydroxylation sites is 1. The van der Waals surface area contributed by atoms with E-state index in [-0.39, 0.29) is 19.0 Å². The molecular weight excluding hydrogens is 348 g/mol. The first-order valence-electron chi connectivity index (χ1n) is 8.62. The summed E-state index contributed by atoms with van der Waals surface area (Å²) in [5.74, 6) is -1.33. The van der Waals surface area contributed by atoms with Crippen molar-refractivity contribution >= 4 is 11.9 Å². The van der Waals surface area contributed by atoms with Crippen molar-refractivity contribution in [1.29, 1.82) is 0 Å². The Morgan fingerprint density at radius 1 is 1.15 bits per heavy atom. The molecular formula is C20H22N2O5. The van der Waals surface area contributed by atoms with Gasteiger partial charge in [0.15, 0.2) is 11.5 Å². The summed E-state index contributed by atoms with van der Waals surface area (Å²) in [6.45, 7) is 2.28. The third-order valence-corrected chi connectivity index (χ3v) is 4.89. The molecule has 0 radical (unpaired) electrons. The Labute approximate surface area is 157 Å². The largest absolute Gasteiger partial charge is 0.493 e. The van der Waals surface area contributed by atoms with Crippen LogP contribution in [-0.4, -0.2) is 54.2 Å². The molecule has 1 saturated heterocycles. The van der Waals surface area contributed by atoms with Crippen LogP contribution in [0.1, 0.15) is 27.5 Å². The van der Waals surface area contributed by atoms with E-state index >= 15 is 0 Å². The Hall–Kier alpha value is -3.09. The normalized spacial score (nSPS) is 19.0. The predicted octanol–water partition coefficient (Wildman–Crippen LogP) is 2.35. The maximum Gasteiger partial charge on any atom is 0.308 e. The van der Waals surface area contributed by atoms with Crippen LogP contribution >= 0.6 is 0 Å². The summed E-state index contributed by atoms with van der Waals surface area (Å²) in [6.07, 6.45) is 1.63. The highest BCUT2D eigenvalue weighted by atomic mass is 16.5. The number of carboxylic acids is 1. The van der Waals surface area contributed by atoms with Crippen LogP contribution in [0.25, 0.3) is 0 Å². The monoisotopic (exact) mass is 370 g/mol. The van der Waals surface area contributed by atoms with Crippen LogP contribution in [-0.2, 0) is 4.79 Å². The Kier molecular flexibility index (Phi) is 5.30. The van der Waals surface area contributed by atoms with E-state index in [1.165, 1.54) is 14.2 Å². The third-order valence-electron chi connectivity index (χ3n) is 4.89. The van der Waals surface area contributed by atoms with E-state index in [4.69, 9.17) is 9.47 Å². The molecule has 3 rings (SSSR count). The number of benzene rings is 1. The maximum atomic E-state index is 12.8. The lowest BCUT2D eigenvalue weighted by Gasteiger charge is -2.20. The number of pyridine rings is 1. The van der Waals surface area contributed by atoms with Crippen molar-refractivity contribution in [3.05, 3.63) is 53.3 Å². The van der Waals surface area contributed by atoms with Crippen molar-refractivity contribution in [3.8, 4) is 11.5 Å². The van der Waals surface area contributed by atoms with Gasteiger partial charge >= 0.3 is 5.97 Å². The molecule has 2 heterocycles. The molecule has 1 aromatic heterocycles. The lowest BCUT2D eigenvalue weighted by atomic mass is 9.88. The Bertz CT molecular complexity index is 850. The van der Waals surface area contributed by atoms with Crippen LogP contribution < -0.4 is 9.47 Å². The zero-order valence-corrected chi connectivity index (χ0v) is 15.5. The molecule has 7 nitrogen and oxygen atoms in total. The summed E-state index contributed by atoms with van der Waals surface area (Å²) >= 11 is 0. The van der Waals surface area contributed by atoms with E-state index < -0.39 is 17.8 Å². The van der Waals surface area contributed by atoms with Gasteiger partial charge in [0, 0.05) is 30.8 Å². The van der Waals surface area contributed by atoms with Crippen LogP contribution in [0.4, 0.5) is 0 Å². The number of amides is 1. The molecule has 0 bridgehead atoms. The number of carbonyl (C=O) groups excluding carboxylic acids is 1. The number of methoxy groups -OCH3 is 2. The van der Waals surface area contributed by atoms with E-state index in [2.05, 4.69) is 4.98 Å². The van der Waals surface area contributed by atoms with Crippen molar-refractivity contribution in [1.82, 2.24) is 9.88 Å². The van der Waals surface area contributed by atoms with Crippen molar-refractivity contribution in [3.63, 3.8) is 0 Å². The van der Waals surface area contributed by atoms with Gasteiger partial charge in [0.05, 0.1) is 20.1 Å². The average molecular weight is 370 g/mol. The topological polar surface area (TPSA) is 89.0 Å². The first-order chi connectivity index (χ1) is 13.0. The van der Waals surface area contributed by atoms with Crippen molar-refractivity contribution < 1.29 is 24.2 Å². The molecule has 1 aliphatic heterocycles. The van der Waals surface area contributed by atoms with Gasteiger partial charge in [-0.2, -0.15) is 0 Å². The van der Waals surface area contributed by atoms with Gasteiger partial charge in [0.25, 0.3) is 5.91 Å². The molecule has 1 aromatic carbocycles. The number of aryl methyl sites for hydroxylation is 1. The smallest absolute Gasteiger partial charge is 0.308 e. The molecule has 1 N–H and O–H groups in total. The highest BCUT2D eigenvalue weighted by molar-refractivity contribution is 5.93. The van der Waals surface area contributed by atoms with Gasteiger partial charge in [0.2, 0.25) is 0 Å². The summed E-state index contributed by atoms with van der Waals surface area (Å²) in [6, 6.07) is 8.84. The van der Waals surface area contributed by atoms with Crippen LogP contribution in [0.3, 0.4) is 0 Å². The standard InChI is InChI=1S/C20H22N2O5/c1-12-7-8-16(21-9-12)19(23)22-10-14(15(11-22)20(24)25)13-5-4-6-17(26-2)18(13)27-3/h4-9,14-15H,10-11H2,1-3H3,(H,24,25)/t14-,15+/m0/s1. The SMILES string of the molecule is COc1cccc([C@@H]2CN(C(=O)c3ccc(C)cn3)C[C@H]2C(=O)O)c1OC. The molecule has 0 saturated carbocycles. The third kappa shape index (κ3) is 3.58. The van der Waals surface area contributed by atoms with Crippen molar-refractivity contribution in [2.75, 3.05) is 27.3 Å². The molecule has 0 spiro atoms. The molecule has 1 amide bonds. The molecule has 1 aliphatic rings. The van der Waals surface area contributed by atoms with E-state index in [9.17, 15) is 14.7 Å². The van der Waals surface area contributed by atoms with Crippen molar-refractivity contribution in [2.45, 2.75) is 12.8 Å². The number of carbonyl (C=O) groups is 2. The average Bonchev–Trinajstić information content (AvgIpc) is 3.12. The zero-order valence-electron chi connectivity index (χ0n) is 15.5. The minimum absolute atomic E-state index is 0.120. The lowest BCUT2D eigenvalue weighted by Crippen LogP contribution is -2.30. The molecule has 27 heavy (non-hydrogen) atoms. The summed E-state index contributed by atoms with van der Waals surface area (Å²) < 4.78 is 10.8. The van der Waals surface area contributed by atoms with Crippen LogP contribution in [0.5, 0.6) is 11.5 Å². The van der Waals surface area contributed by atoms with E-state index in [0.717, 1.165) is 11.1 Å². The van der Waals surface area contributed by atoms with Gasteiger partial charge in [-0.1, -0.05) is 18.2 Å². The maximum absolute atomic E-state index is 12.8. The van der Waals surface area contributed by atoms with Gasteiger partial charge in [-0.25, -0.2) is 0 Å². The van der Waals surface area contributed by atoms with Gasteiger partial charge in [-0.05, 0) is 24.6 Å². The molecule has 2 aromatic rings. The molecule has 0 unspecified atom stereocenters. The number of rotatable bonds is 5. The summed E-state index contributed by atoms with van der Waals surface area (Å²) in [4.78, 5) is 30.4. The quantitative estimate of drug-likeness (QED) is 0.869. The number of hydrogen-bond acceptors (Lipinski definition) is 5. The van der Waals surface area contributed by atoms with E-state index in [0.29, 0.717) is 17.2 Å². The number of ether oxygens (including phenoxy) is 2. The van der Waals surface area contributed by atoms with Crippen LogP contribution in [0, 0.1) is 12.8 Å². The number of aromatic nitrogens is 1.